The third-order valence-electron chi connectivity index (χ3n) is 4.01. The Bertz CT molecular complexity index is 415. The number of hydrogen-bond acceptors (Lipinski definition) is 4. The smallest absolute Gasteiger partial charge is 0.186 e. The number of nitrogens with zero attached hydrogens (tertiary/aromatic N) is 2. The van der Waals surface area contributed by atoms with Gasteiger partial charge in [-0.15, -0.1) is 0 Å². The van der Waals surface area contributed by atoms with Crippen LogP contribution in [0.2, 0.25) is 0 Å². The molecule has 3 atom stereocenters. The molecule has 4 heteroatoms. The highest BCUT2D eigenvalue weighted by atomic mass is 32.1. The van der Waals surface area contributed by atoms with Crippen LogP contribution in [0.15, 0.2) is 0 Å². The van der Waals surface area contributed by atoms with Crippen LogP contribution in [0.4, 0.5) is 5.13 Å². The lowest BCUT2D eigenvalue weighted by Crippen LogP contribution is -2.26. The van der Waals surface area contributed by atoms with Gasteiger partial charge in [-0.2, -0.15) is 0 Å². The molecule has 1 aliphatic heterocycles. The second kappa shape index (κ2) is 4.25. The number of fused-ring (bicyclic) bond motifs is 1. The molecule has 2 N–H and O–H groups in total. The first-order valence-corrected chi connectivity index (χ1v) is 7.48. The molecule has 1 aromatic heterocycles. The molecule has 0 radical (unpaired) electrons. The Morgan fingerprint density at radius 2 is 2.24 bits per heavy atom. The van der Waals surface area contributed by atoms with Gasteiger partial charge < -0.3 is 10.6 Å². The topological polar surface area (TPSA) is 42.2 Å². The van der Waals surface area contributed by atoms with Crippen molar-refractivity contribution >= 4 is 16.5 Å². The van der Waals surface area contributed by atoms with Crippen molar-refractivity contribution < 1.29 is 0 Å². The van der Waals surface area contributed by atoms with E-state index >= 15 is 0 Å². The predicted molar refractivity (Wildman–Crippen MR) is 72.6 cm³/mol. The van der Waals surface area contributed by atoms with E-state index in [1.54, 1.807) is 0 Å². The maximum atomic E-state index is 6.17. The summed E-state index contributed by atoms with van der Waals surface area (Å²) in [5.41, 5.74) is 7.45. The lowest BCUT2D eigenvalue weighted by Gasteiger charge is -2.20. The molecule has 0 aromatic carbocycles. The largest absolute Gasteiger partial charge is 0.345 e. The van der Waals surface area contributed by atoms with Crippen molar-refractivity contribution in [3.63, 3.8) is 0 Å². The van der Waals surface area contributed by atoms with Gasteiger partial charge in [0.1, 0.15) is 0 Å². The summed E-state index contributed by atoms with van der Waals surface area (Å²) in [5.74, 6) is 0.791. The van der Waals surface area contributed by atoms with Crippen molar-refractivity contribution in [3.8, 4) is 0 Å². The SMILES string of the molecule is CC1CC(C)N(c2nc3c(s2)C(N)CCC3)C1. The van der Waals surface area contributed by atoms with Crippen molar-refractivity contribution in [1.82, 2.24) is 4.98 Å². The monoisotopic (exact) mass is 251 g/mol. The quantitative estimate of drug-likeness (QED) is 0.834. The van der Waals surface area contributed by atoms with Gasteiger partial charge in [-0.25, -0.2) is 4.98 Å². The molecule has 2 aliphatic rings. The Balaban J connectivity index is 1.89. The van der Waals surface area contributed by atoms with Gasteiger partial charge in [-0.1, -0.05) is 18.3 Å². The summed E-state index contributed by atoms with van der Waals surface area (Å²) in [6, 6.07) is 0.870. The molecule has 1 saturated heterocycles. The number of anilines is 1. The van der Waals surface area contributed by atoms with Gasteiger partial charge in [0.25, 0.3) is 0 Å². The lowest BCUT2D eigenvalue weighted by molar-refractivity contribution is 0.573. The average molecular weight is 251 g/mol. The molecule has 3 rings (SSSR count). The van der Waals surface area contributed by atoms with Gasteiger partial charge in [0.05, 0.1) is 5.69 Å². The fourth-order valence-corrected chi connectivity index (χ4v) is 4.39. The number of aromatic nitrogens is 1. The van der Waals surface area contributed by atoms with Gasteiger partial charge in [0.2, 0.25) is 0 Å². The predicted octanol–water partition coefficient (Wildman–Crippen LogP) is 2.71. The van der Waals surface area contributed by atoms with Crippen LogP contribution in [0.25, 0.3) is 0 Å². The molecule has 17 heavy (non-hydrogen) atoms. The van der Waals surface area contributed by atoms with Gasteiger partial charge in [-0.05, 0) is 38.5 Å². The van der Waals surface area contributed by atoms with E-state index in [0.29, 0.717) is 6.04 Å². The molecule has 3 unspecified atom stereocenters. The van der Waals surface area contributed by atoms with Crippen LogP contribution in [0.1, 0.15) is 49.7 Å². The maximum Gasteiger partial charge on any atom is 0.186 e. The number of nitrogens with two attached hydrogens (primary N) is 1. The minimum atomic E-state index is 0.236. The summed E-state index contributed by atoms with van der Waals surface area (Å²) in [6.07, 6.45) is 4.73. The average Bonchev–Trinajstić information content (AvgIpc) is 2.82. The maximum absolute atomic E-state index is 6.17. The molecule has 94 valence electrons. The Morgan fingerprint density at radius 1 is 1.41 bits per heavy atom. The number of rotatable bonds is 1. The van der Waals surface area contributed by atoms with Crippen molar-refractivity contribution in [2.24, 2.45) is 11.7 Å². The van der Waals surface area contributed by atoms with E-state index in [9.17, 15) is 0 Å². The zero-order valence-electron chi connectivity index (χ0n) is 10.6. The third kappa shape index (κ3) is 1.97. The summed E-state index contributed by atoms with van der Waals surface area (Å²) < 4.78 is 0. The molecular formula is C13H21N3S. The molecule has 0 bridgehead atoms. The second-order valence-corrected chi connectivity index (χ2v) is 6.66. The number of thiazole rings is 1. The van der Waals surface area contributed by atoms with E-state index in [4.69, 9.17) is 10.7 Å². The standard InChI is InChI=1S/C13H21N3S/c1-8-6-9(2)16(7-8)13-15-11-5-3-4-10(14)12(11)17-13/h8-10H,3-7,14H2,1-2H3. The first-order chi connectivity index (χ1) is 8.15. The second-order valence-electron chi connectivity index (χ2n) is 5.65. The summed E-state index contributed by atoms with van der Waals surface area (Å²) in [7, 11) is 0. The van der Waals surface area contributed by atoms with Crippen molar-refractivity contribution in [2.75, 3.05) is 11.4 Å². The number of hydrogen-bond donors (Lipinski definition) is 1. The van der Waals surface area contributed by atoms with E-state index in [1.807, 2.05) is 11.3 Å². The fraction of sp³-hybridized carbons (Fsp3) is 0.769. The minimum absolute atomic E-state index is 0.236. The van der Waals surface area contributed by atoms with Crippen LogP contribution < -0.4 is 10.6 Å². The Morgan fingerprint density at radius 3 is 2.88 bits per heavy atom. The molecule has 3 nitrogen and oxygen atoms in total. The molecule has 1 aliphatic carbocycles. The van der Waals surface area contributed by atoms with E-state index in [2.05, 4.69) is 18.7 Å². The van der Waals surface area contributed by atoms with Gasteiger partial charge >= 0.3 is 0 Å². The van der Waals surface area contributed by atoms with Crippen molar-refractivity contribution in [3.05, 3.63) is 10.6 Å². The molecule has 0 saturated carbocycles. The van der Waals surface area contributed by atoms with Gasteiger partial charge in [0, 0.05) is 23.5 Å². The highest BCUT2D eigenvalue weighted by Gasteiger charge is 2.30. The highest BCUT2D eigenvalue weighted by Crippen LogP contribution is 2.39. The first kappa shape index (κ1) is 11.5. The van der Waals surface area contributed by atoms with Crippen molar-refractivity contribution in [2.45, 2.75) is 51.6 Å². The van der Waals surface area contributed by atoms with Gasteiger partial charge in [-0.3, -0.25) is 0 Å². The molecule has 0 amide bonds. The Kier molecular flexibility index (Phi) is 2.87. The van der Waals surface area contributed by atoms with Crippen LogP contribution in [0.3, 0.4) is 0 Å². The first-order valence-electron chi connectivity index (χ1n) is 6.67. The van der Waals surface area contributed by atoms with Gasteiger partial charge in [0.15, 0.2) is 5.13 Å². The normalized spacial score (nSPS) is 32.9. The van der Waals surface area contributed by atoms with E-state index in [1.165, 1.54) is 28.5 Å². The van der Waals surface area contributed by atoms with Crippen LogP contribution in [-0.4, -0.2) is 17.6 Å². The van der Waals surface area contributed by atoms with Crippen LogP contribution in [0, 0.1) is 5.92 Å². The summed E-state index contributed by atoms with van der Waals surface area (Å²) in [4.78, 5) is 8.65. The summed E-state index contributed by atoms with van der Waals surface area (Å²) in [6.45, 7) is 5.79. The summed E-state index contributed by atoms with van der Waals surface area (Å²) >= 11 is 1.84. The molecule has 1 aromatic rings. The minimum Gasteiger partial charge on any atom is -0.345 e. The zero-order valence-corrected chi connectivity index (χ0v) is 11.5. The van der Waals surface area contributed by atoms with Crippen LogP contribution in [-0.2, 0) is 6.42 Å². The van der Waals surface area contributed by atoms with Crippen LogP contribution >= 0.6 is 11.3 Å². The Hall–Kier alpha value is -0.610. The highest BCUT2D eigenvalue weighted by molar-refractivity contribution is 7.15. The molecular weight excluding hydrogens is 230 g/mol. The van der Waals surface area contributed by atoms with E-state index in [0.717, 1.165) is 25.3 Å². The van der Waals surface area contributed by atoms with Crippen molar-refractivity contribution in [1.29, 1.82) is 0 Å². The van der Waals surface area contributed by atoms with E-state index < -0.39 is 0 Å². The lowest BCUT2D eigenvalue weighted by atomic mass is 9.99. The van der Waals surface area contributed by atoms with E-state index in [-0.39, 0.29) is 6.04 Å². The molecule has 2 heterocycles. The Labute approximate surface area is 107 Å². The zero-order chi connectivity index (χ0) is 12.0. The molecule has 1 fully saturated rings. The fourth-order valence-electron chi connectivity index (χ4n) is 3.13. The summed E-state index contributed by atoms with van der Waals surface area (Å²) in [5, 5.41) is 1.21. The third-order valence-corrected chi connectivity index (χ3v) is 5.28. The molecule has 0 spiro atoms. The number of aryl methyl sites for hydroxylation is 1. The van der Waals surface area contributed by atoms with Crippen LogP contribution in [0.5, 0.6) is 0 Å².